The highest BCUT2D eigenvalue weighted by atomic mass is 32.1. The van der Waals surface area contributed by atoms with Gasteiger partial charge in [-0.2, -0.15) is 0 Å². The van der Waals surface area contributed by atoms with Crippen LogP contribution in [0.2, 0.25) is 0 Å². The predicted octanol–water partition coefficient (Wildman–Crippen LogP) is 2.03. The van der Waals surface area contributed by atoms with Crippen LogP contribution in [0.5, 0.6) is 0 Å². The van der Waals surface area contributed by atoms with Crippen molar-refractivity contribution < 1.29 is 14.7 Å². The van der Waals surface area contributed by atoms with Gasteiger partial charge in [-0.3, -0.25) is 9.59 Å². The number of amides is 1. The lowest BCUT2D eigenvalue weighted by Crippen LogP contribution is -2.34. The lowest BCUT2D eigenvalue weighted by atomic mass is 9.98. The number of hydrogen-bond acceptors (Lipinski definition) is 4. The Balaban J connectivity index is 2.68. The van der Waals surface area contributed by atoms with Gasteiger partial charge in [0.2, 0.25) is 0 Å². The smallest absolute Gasteiger partial charge is 0.305 e. The molecule has 1 atom stereocenters. The second-order valence-electron chi connectivity index (χ2n) is 5.26. The summed E-state index contributed by atoms with van der Waals surface area (Å²) in [5, 5.41) is 13.8. The normalized spacial score (nSPS) is 13.1. The summed E-state index contributed by atoms with van der Waals surface area (Å²) in [6.45, 7) is 7.74. The molecule has 0 aliphatic carbocycles. The number of nitrogens with zero attached hydrogens (tertiary/aromatic N) is 1. The van der Waals surface area contributed by atoms with E-state index in [-0.39, 0.29) is 17.7 Å². The number of aromatic nitrogens is 1. The number of nitrogens with one attached hydrogen (secondary N) is 1. The van der Waals surface area contributed by atoms with E-state index in [9.17, 15) is 9.59 Å². The molecular formula is C12H18N2O3S. The van der Waals surface area contributed by atoms with Crippen LogP contribution in [0.25, 0.3) is 0 Å². The molecule has 18 heavy (non-hydrogen) atoms. The molecule has 1 heterocycles. The molecule has 1 unspecified atom stereocenters. The largest absolute Gasteiger partial charge is 0.481 e. The van der Waals surface area contributed by atoms with E-state index in [1.54, 1.807) is 12.3 Å². The van der Waals surface area contributed by atoms with Gasteiger partial charge in [0.05, 0.1) is 11.4 Å². The molecule has 0 radical (unpaired) electrons. The summed E-state index contributed by atoms with van der Waals surface area (Å²) in [4.78, 5) is 26.6. The van der Waals surface area contributed by atoms with Crippen LogP contribution in [0.3, 0.4) is 0 Å². The van der Waals surface area contributed by atoms with Crippen molar-refractivity contribution in [1.29, 1.82) is 0 Å². The lowest BCUT2D eigenvalue weighted by Gasteiger charge is -2.13. The van der Waals surface area contributed by atoms with Crippen LogP contribution in [-0.4, -0.2) is 28.0 Å². The van der Waals surface area contributed by atoms with Crippen molar-refractivity contribution in [2.24, 2.45) is 0 Å². The van der Waals surface area contributed by atoms with E-state index in [1.165, 1.54) is 11.3 Å². The topological polar surface area (TPSA) is 79.3 Å². The van der Waals surface area contributed by atoms with Crippen LogP contribution >= 0.6 is 11.3 Å². The standard InChI is InChI=1S/C12H18N2O3S/c1-7(5-9(15)16)13-10(17)8-6-18-11(14-8)12(2,3)4/h6-7H,5H2,1-4H3,(H,13,17)(H,15,16). The Kier molecular flexibility index (Phi) is 4.45. The van der Waals surface area contributed by atoms with E-state index < -0.39 is 12.0 Å². The highest BCUT2D eigenvalue weighted by molar-refractivity contribution is 7.10. The molecule has 0 fully saturated rings. The number of hydrogen-bond donors (Lipinski definition) is 2. The number of aliphatic carboxylic acids is 1. The molecule has 1 aromatic heterocycles. The second-order valence-corrected chi connectivity index (χ2v) is 6.12. The third-order valence-corrected chi connectivity index (χ3v) is 3.50. The van der Waals surface area contributed by atoms with Crippen LogP contribution in [0, 0.1) is 0 Å². The molecule has 0 saturated carbocycles. The molecule has 100 valence electrons. The van der Waals surface area contributed by atoms with Crippen LogP contribution in [-0.2, 0) is 10.2 Å². The monoisotopic (exact) mass is 270 g/mol. The van der Waals surface area contributed by atoms with E-state index in [1.807, 2.05) is 20.8 Å². The fourth-order valence-electron chi connectivity index (χ4n) is 1.33. The Morgan fingerprint density at radius 1 is 1.50 bits per heavy atom. The highest BCUT2D eigenvalue weighted by Gasteiger charge is 2.21. The maximum atomic E-state index is 11.8. The number of thiazole rings is 1. The maximum absolute atomic E-state index is 11.8. The molecule has 0 spiro atoms. The Hall–Kier alpha value is -1.43. The summed E-state index contributed by atoms with van der Waals surface area (Å²) < 4.78 is 0. The second kappa shape index (κ2) is 5.48. The average molecular weight is 270 g/mol. The van der Waals surface area contributed by atoms with Gasteiger partial charge in [-0.1, -0.05) is 20.8 Å². The SMILES string of the molecule is CC(CC(=O)O)NC(=O)c1csc(C(C)(C)C)n1. The first-order valence-corrected chi connectivity index (χ1v) is 6.57. The van der Waals surface area contributed by atoms with Gasteiger partial charge in [-0.05, 0) is 6.92 Å². The lowest BCUT2D eigenvalue weighted by molar-refractivity contribution is -0.137. The first-order chi connectivity index (χ1) is 8.20. The van der Waals surface area contributed by atoms with Crippen molar-refractivity contribution in [2.45, 2.75) is 45.6 Å². The molecule has 0 saturated heterocycles. The Morgan fingerprint density at radius 2 is 2.11 bits per heavy atom. The van der Waals surface area contributed by atoms with Crippen molar-refractivity contribution in [2.75, 3.05) is 0 Å². The van der Waals surface area contributed by atoms with Crippen LogP contribution < -0.4 is 5.32 Å². The number of carbonyl (C=O) groups excluding carboxylic acids is 1. The van der Waals surface area contributed by atoms with Crippen LogP contribution in [0.4, 0.5) is 0 Å². The minimum absolute atomic E-state index is 0.0874. The Morgan fingerprint density at radius 3 is 2.56 bits per heavy atom. The van der Waals surface area contributed by atoms with Gasteiger partial charge in [-0.15, -0.1) is 11.3 Å². The Bertz CT molecular complexity index is 448. The van der Waals surface area contributed by atoms with Crippen molar-refractivity contribution in [3.05, 3.63) is 16.1 Å². The fourth-order valence-corrected chi connectivity index (χ4v) is 2.22. The number of carbonyl (C=O) groups is 2. The molecule has 1 rings (SSSR count). The first-order valence-electron chi connectivity index (χ1n) is 5.69. The summed E-state index contributed by atoms with van der Waals surface area (Å²) >= 11 is 1.44. The van der Waals surface area contributed by atoms with E-state index in [0.717, 1.165) is 5.01 Å². The van der Waals surface area contributed by atoms with Gasteiger partial charge >= 0.3 is 5.97 Å². The summed E-state index contributed by atoms with van der Waals surface area (Å²) in [5.41, 5.74) is 0.262. The molecule has 1 amide bonds. The molecular weight excluding hydrogens is 252 g/mol. The minimum atomic E-state index is -0.934. The number of carboxylic acid groups (broad SMARTS) is 1. The summed E-state index contributed by atoms with van der Waals surface area (Å²) in [6.07, 6.45) is -0.0952. The number of rotatable bonds is 4. The van der Waals surface area contributed by atoms with Gasteiger partial charge < -0.3 is 10.4 Å². The third kappa shape index (κ3) is 4.10. The average Bonchev–Trinajstić information content (AvgIpc) is 2.63. The molecule has 0 aliphatic heterocycles. The van der Waals surface area contributed by atoms with Crippen LogP contribution in [0.1, 0.15) is 49.6 Å². The minimum Gasteiger partial charge on any atom is -0.481 e. The third-order valence-electron chi connectivity index (χ3n) is 2.24. The summed E-state index contributed by atoms with van der Waals surface area (Å²) in [7, 11) is 0. The summed E-state index contributed by atoms with van der Waals surface area (Å²) in [6, 6.07) is -0.408. The fraction of sp³-hybridized carbons (Fsp3) is 0.583. The van der Waals surface area contributed by atoms with E-state index in [4.69, 9.17) is 5.11 Å². The molecule has 6 heteroatoms. The molecule has 0 aliphatic rings. The van der Waals surface area contributed by atoms with Crippen LogP contribution in [0.15, 0.2) is 5.38 Å². The molecule has 0 aromatic carbocycles. The highest BCUT2D eigenvalue weighted by Crippen LogP contribution is 2.25. The quantitative estimate of drug-likeness (QED) is 0.877. The predicted molar refractivity (Wildman–Crippen MR) is 70.0 cm³/mol. The molecule has 2 N–H and O–H groups in total. The zero-order valence-electron chi connectivity index (χ0n) is 11.0. The Labute approximate surface area is 110 Å². The van der Waals surface area contributed by atoms with E-state index in [0.29, 0.717) is 5.69 Å². The molecule has 5 nitrogen and oxygen atoms in total. The zero-order valence-corrected chi connectivity index (χ0v) is 11.8. The van der Waals surface area contributed by atoms with Gasteiger partial charge in [0.25, 0.3) is 5.91 Å². The van der Waals surface area contributed by atoms with Gasteiger partial charge in [0.1, 0.15) is 5.69 Å². The van der Waals surface area contributed by atoms with Gasteiger partial charge in [0, 0.05) is 16.8 Å². The van der Waals surface area contributed by atoms with Gasteiger partial charge in [-0.25, -0.2) is 4.98 Å². The molecule has 1 aromatic rings. The van der Waals surface area contributed by atoms with Gasteiger partial charge in [0.15, 0.2) is 0 Å². The van der Waals surface area contributed by atoms with Crippen molar-refractivity contribution in [1.82, 2.24) is 10.3 Å². The van der Waals surface area contributed by atoms with Crippen molar-refractivity contribution in [3.8, 4) is 0 Å². The molecule has 0 bridgehead atoms. The van der Waals surface area contributed by atoms with E-state index in [2.05, 4.69) is 10.3 Å². The zero-order chi connectivity index (χ0) is 13.9. The summed E-state index contributed by atoms with van der Waals surface area (Å²) in [5.74, 6) is -1.26. The van der Waals surface area contributed by atoms with Crippen molar-refractivity contribution >= 4 is 23.2 Å². The van der Waals surface area contributed by atoms with Crippen molar-refractivity contribution in [3.63, 3.8) is 0 Å². The first kappa shape index (κ1) is 14.6. The van der Waals surface area contributed by atoms with E-state index >= 15 is 0 Å². The number of carboxylic acids is 1. The maximum Gasteiger partial charge on any atom is 0.305 e.